The summed E-state index contributed by atoms with van der Waals surface area (Å²) in [6.07, 6.45) is 1.31. The Bertz CT molecular complexity index is 854. The summed E-state index contributed by atoms with van der Waals surface area (Å²) in [6, 6.07) is 5.22. The molecule has 0 radical (unpaired) electrons. The number of aromatic nitrogens is 2. The first-order chi connectivity index (χ1) is 10.6. The average Bonchev–Trinajstić information content (AvgIpc) is 2.50. The molecule has 0 aliphatic carbocycles. The van der Waals surface area contributed by atoms with E-state index in [9.17, 15) is 9.59 Å². The van der Waals surface area contributed by atoms with Gasteiger partial charge in [-0.3, -0.25) is 14.6 Å². The Morgan fingerprint density at radius 3 is 3.00 bits per heavy atom. The summed E-state index contributed by atoms with van der Waals surface area (Å²) in [6.45, 7) is 2.62. The third kappa shape index (κ3) is 2.67. The number of amides is 1. The van der Waals surface area contributed by atoms with E-state index in [2.05, 4.69) is 15.3 Å². The third-order valence-corrected chi connectivity index (χ3v) is 3.65. The molecule has 1 amide bonds. The van der Waals surface area contributed by atoms with Crippen molar-refractivity contribution >= 4 is 18.1 Å². The lowest BCUT2D eigenvalue weighted by molar-refractivity contribution is 0.0953. The normalized spacial score (nSPS) is 12.0. The van der Waals surface area contributed by atoms with Crippen LogP contribution in [0.3, 0.4) is 0 Å². The van der Waals surface area contributed by atoms with Gasteiger partial charge >= 0.3 is 0 Å². The smallest absolute Gasteiger partial charge is 0.259 e. The molecular formula is C15H15N3O3S. The number of benzene rings is 1. The van der Waals surface area contributed by atoms with E-state index in [0.29, 0.717) is 35.7 Å². The van der Waals surface area contributed by atoms with Gasteiger partial charge in [0.25, 0.3) is 11.5 Å². The van der Waals surface area contributed by atoms with Crippen LogP contribution in [-0.2, 0) is 6.42 Å². The summed E-state index contributed by atoms with van der Waals surface area (Å²) in [5.41, 5.74) is 1.63. The quantitative estimate of drug-likeness (QED) is 0.647. The number of carbonyl (C=O) groups excluding carboxylic acids is 1. The van der Waals surface area contributed by atoms with Crippen LogP contribution in [-0.4, -0.2) is 22.4 Å². The third-order valence-electron chi connectivity index (χ3n) is 3.45. The molecule has 6 nitrogen and oxygen atoms in total. The first-order valence-corrected chi connectivity index (χ1v) is 7.43. The molecule has 22 heavy (non-hydrogen) atoms. The lowest BCUT2D eigenvalue weighted by Gasteiger charge is -2.19. The molecule has 0 fully saturated rings. The van der Waals surface area contributed by atoms with E-state index >= 15 is 0 Å². The standard InChI is InChI=1S/C15H15N3O3S/c1-2-5-16-12(19)9-4-3-8-6-10-13(20)17-15(22)18-14(10)21-11(8)7-9/h3-4,7H,2,5-6H2,1H3,(H,16,19)(H2,17,18,20,22). The van der Waals surface area contributed by atoms with Gasteiger partial charge in [0.2, 0.25) is 5.88 Å². The highest BCUT2D eigenvalue weighted by molar-refractivity contribution is 7.71. The number of aromatic amines is 2. The minimum absolute atomic E-state index is 0.141. The SMILES string of the molecule is CCCNC(=O)c1ccc2c(c1)Oc1[nH]c(=S)[nH]c(=O)c1C2. The first kappa shape index (κ1) is 14.5. The fraction of sp³-hybridized carbons (Fsp3) is 0.267. The van der Waals surface area contributed by atoms with E-state index < -0.39 is 0 Å². The minimum atomic E-state index is -0.255. The number of rotatable bonds is 3. The molecule has 1 aromatic heterocycles. The molecule has 114 valence electrons. The second-order valence-corrected chi connectivity index (χ2v) is 5.48. The second-order valence-electron chi connectivity index (χ2n) is 5.07. The van der Waals surface area contributed by atoms with Gasteiger partial charge in [0.15, 0.2) is 4.77 Å². The van der Waals surface area contributed by atoms with Crippen LogP contribution in [0.25, 0.3) is 0 Å². The topological polar surface area (TPSA) is 87.0 Å². The van der Waals surface area contributed by atoms with E-state index in [1.54, 1.807) is 18.2 Å². The highest BCUT2D eigenvalue weighted by Gasteiger charge is 2.21. The molecule has 0 saturated carbocycles. The van der Waals surface area contributed by atoms with Gasteiger partial charge in [0.1, 0.15) is 5.75 Å². The molecule has 2 aromatic rings. The molecular weight excluding hydrogens is 302 g/mol. The summed E-state index contributed by atoms with van der Waals surface area (Å²) in [5.74, 6) is 0.762. The van der Waals surface area contributed by atoms with E-state index in [0.717, 1.165) is 12.0 Å². The lowest BCUT2D eigenvalue weighted by atomic mass is 10.0. The molecule has 0 saturated heterocycles. The predicted molar refractivity (Wildman–Crippen MR) is 84.2 cm³/mol. The Morgan fingerprint density at radius 1 is 1.41 bits per heavy atom. The van der Waals surface area contributed by atoms with Crippen molar-refractivity contribution < 1.29 is 9.53 Å². The van der Waals surface area contributed by atoms with Crippen molar-refractivity contribution in [3.63, 3.8) is 0 Å². The number of nitrogens with one attached hydrogen (secondary N) is 3. The zero-order valence-corrected chi connectivity index (χ0v) is 12.8. The summed E-state index contributed by atoms with van der Waals surface area (Å²) in [7, 11) is 0. The molecule has 1 aliphatic heterocycles. The maximum atomic E-state index is 12.0. The molecule has 1 aliphatic rings. The number of hydrogen-bond acceptors (Lipinski definition) is 4. The van der Waals surface area contributed by atoms with Crippen LogP contribution in [0.15, 0.2) is 23.0 Å². The van der Waals surface area contributed by atoms with E-state index in [4.69, 9.17) is 17.0 Å². The van der Waals surface area contributed by atoms with Crippen LogP contribution in [0, 0.1) is 4.77 Å². The summed E-state index contributed by atoms with van der Waals surface area (Å²) < 4.78 is 5.92. The molecule has 3 N–H and O–H groups in total. The van der Waals surface area contributed by atoms with Crippen molar-refractivity contribution in [1.29, 1.82) is 0 Å². The molecule has 3 rings (SSSR count). The van der Waals surface area contributed by atoms with E-state index in [-0.39, 0.29) is 16.2 Å². The number of H-pyrrole nitrogens is 2. The van der Waals surface area contributed by atoms with Crippen molar-refractivity contribution in [2.24, 2.45) is 0 Å². The Morgan fingerprint density at radius 2 is 2.23 bits per heavy atom. The summed E-state index contributed by atoms with van der Waals surface area (Å²) in [4.78, 5) is 29.3. The summed E-state index contributed by atoms with van der Waals surface area (Å²) in [5, 5.41) is 2.82. The maximum Gasteiger partial charge on any atom is 0.259 e. The van der Waals surface area contributed by atoms with Crippen LogP contribution >= 0.6 is 12.2 Å². The van der Waals surface area contributed by atoms with Crippen molar-refractivity contribution in [3.05, 3.63) is 50.0 Å². The van der Waals surface area contributed by atoms with Gasteiger partial charge in [-0.2, -0.15) is 0 Å². The van der Waals surface area contributed by atoms with Gasteiger partial charge < -0.3 is 15.0 Å². The van der Waals surface area contributed by atoms with Crippen molar-refractivity contribution in [2.75, 3.05) is 6.54 Å². The van der Waals surface area contributed by atoms with E-state index in [1.807, 2.05) is 6.92 Å². The van der Waals surface area contributed by atoms with E-state index in [1.165, 1.54) is 0 Å². The molecule has 2 heterocycles. The van der Waals surface area contributed by atoms with Gasteiger partial charge in [0.05, 0.1) is 5.56 Å². The van der Waals surface area contributed by atoms with Crippen molar-refractivity contribution in [3.8, 4) is 11.6 Å². The van der Waals surface area contributed by atoms with Gasteiger partial charge in [-0.15, -0.1) is 0 Å². The van der Waals surface area contributed by atoms with Crippen LogP contribution in [0.2, 0.25) is 0 Å². The number of fused-ring (bicyclic) bond motifs is 2. The van der Waals surface area contributed by atoms with Crippen LogP contribution < -0.4 is 15.6 Å². The van der Waals surface area contributed by atoms with Crippen molar-refractivity contribution in [1.82, 2.24) is 15.3 Å². The predicted octanol–water partition coefficient (Wildman–Crippen LogP) is 2.27. The fourth-order valence-electron chi connectivity index (χ4n) is 2.32. The molecule has 0 spiro atoms. The second kappa shape index (κ2) is 5.76. The molecule has 0 bridgehead atoms. The van der Waals surface area contributed by atoms with Gasteiger partial charge in [-0.25, -0.2) is 0 Å². The number of ether oxygens (including phenoxy) is 1. The van der Waals surface area contributed by atoms with Gasteiger partial charge in [0, 0.05) is 18.5 Å². The number of hydrogen-bond donors (Lipinski definition) is 3. The Kier molecular flexibility index (Phi) is 3.81. The first-order valence-electron chi connectivity index (χ1n) is 7.03. The average molecular weight is 317 g/mol. The summed E-state index contributed by atoms with van der Waals surface area (Å²) >= 11 is 4.94. The van der Waals surface area contributed by atoms with Crippen LogP contribution in [0.4, 0.5) is 0 Å². The maximum absolute atomic E-state index is 12.0. The Hall–Kier alpha value is -2.41. The van der Waals surface area contributed by atoms with Crippen LogP contribution in [0.5, 0.6) is 11.6 Å². The van der Waals surface area contributed by atoms with Crippen LogP contribution in [0.1, 0.15) is 34.8 Å². The Labute approximate surface area is 131 Å². The zero-order chi connectivity index (χ0) is 15.7. The number of carbonyl (C=O) groups is 1. The largest absolute Gasteiger partial charge is 0.440 e. The molecule has 7 heteroatoms. The fourth-order valence-corrected chi connectivity index (χ4v) is 2.50. The zero-order valence-electron chi connectivity index (χ0n) is 12.0. The highest BCUT2D eigenvalue weighted by Crippen LogP contribution is 2.33. The Balaban J connectivity index is 1.94. The minimum Gasteiger partial charge on any atom is -0.440 e. The molecule has 1 aromatic carbocycles. The lowest BCUT2D eigenvalue weighted by Crippen LogP contribution is -2.24. The molecule has 0 unspecified atom stereocenters. The van der Waals surface area contributed by atoms with Crippen molar-refractivity contribution in [2.45, 2.75) is 19.8 Å². The van der Waals surface area contributed by atoms with Gasteiger partial charge in [-0.05, 0) is 36.3 Å². The monoisotopic (exact) mass is 317 g/mol. The highest BCUT2D eigenvalue weighted by atomic mass is 32.1. The molecule has 0 atom stereocenters. The van der Waals surface area contributed by atoms with Gasteiger partial charge in [-0.1, -0.05) is 13.0 Å².